The molecule has 7 heteroatoms. The van der Waals surface area contributed by atoms with Crippen molar-refractivity contribution in [2.24, 2.45) is 0 Å². The summed E-state index contributed by atoms with van der Waals surface area (Å²) in [4.78, 5) is 27.7. The van der Waals surface area contributed by atoms with E-state index in [0.29, 0.717) is 18.2 Å². The van der Waals surface area contributed by atoms with Gasteiger partial charge in [-0.15, -0.1) is 11.3 Å². The van der Waals surface area contributed by atoms with Gasteiger partial charge in [0.2, 0.25) is 5.91 Å². The summed E-state index contributed by atoms with van der Waals surface area (Å²) in [6.07, 6.45) is 6.28. The predicted octanol–water partition coefficient (Wildman–Crippen LogP) is 5.65. The number of nitrogens with zero attached hydrogens (tertiary/aromatic N) is 3. The zero-order valence-electron chi connectivity index (χ0n) is 18.4. The number of carbonyl (C=O) groups is 1. The number of hydrogen-bond donors (Lipinski definition) is 1. The number of pyridine rings is 1. The summed E-state index contributed by atoms with van der Waals surface area (Å²) in [6.45, 7) is 4.99. The fourth-order valence-electron chi connectivity index (χ4n) is 4.43. The number of fused-ring (bicyclic) bond motifs is 5. The highest BCUT2D eigenvalue weighted by atomic mass is 32.2. The molecule has 5 nitrogen and oxygen atoms in total. The van der Waals surface area contributed by atoms with Gasteiger partial charge >= 0.3 is 0 Å². The lowest BCUT2D eigenvalue weighted by Gasteiger charge is -2.21. The van der Waals surface area contributed by atoms with E-state index < -0.39 is 0 Å². The zero-order valence-corrected chi connectivity index (χ0v) is 20.0. The van der Waals surface area contributed by atoms with Crippen LogP contribution in [0.2, 0.25) is 0 Å². The van der Waals surface area contributed by atoms with Crippen molar-refractivity contribution in [2.45, 2.75) is 57.0 Å². The first kappa shape index (κ1) is 21.3. The molecule has 0 saturated heterocycles. The van der Waals surface area contributed by atoms with Crippen LogP contribution in [0.5, 0.6) is 0 Å². The largest absolute Gasteiger partial charge is 0.351 e. The maximum atomic E-state index is 12.4. The molecular formula is C25H26N4OS2. The van der Waals surface area contributed by atoms with Crippen molar-refractivity contribution in [1.82, 2.24) is 20.3 Å². The SMILES string of the molecule is CC(C)c1nc2sc3c(SCC(=O)NCc4ccccc4)ncnc3c2c2c1CCCC2. The van der Waals surface area contributed by atoms with Gasteiger partial charge in [0.25, 0.3) is 0 Å². The summed E-state index contributed by atoms with van der Waals surface area (Å²) in [5.41, 5.74) is 6.20. The summed E-state index contributed by atoms with van der Waals surface area (Å²) >= 11 is 3.14. The van der Waals surface area contributed by atoms with Gasteiger partial charge in [-0.3, -0.25) is 4.79 Å². The summed E-state index contributed by atoms with van der Waals surface area (Å²) < 4.78 is 1.05. The third-order valence-corrected chi connectivity index (χ3v) is 8.14. The second-order valence-electron chi connectivity index (χ2n) is 8.51. The van der Waals surface area contributed by atoms with E-state index in [2.05, 4.69) is 29.1 Å². The van der Waals surface area contributed by atoms with Crippen LogP contribution in [0.1, 0.15) is 55.0 Å². The van der Waals surface area contributed by atoms with E-state index in [1.54, 1.807) is 17.7 Å². The van der Waals surface area contributed by atoms with Crippen LogP contribution in [0.4, 0.5) is 0 Å². The van der Waals surface area contributed by atoms with E-state index in [1.807, 2.05) is 30.3 Å². The van der Waals surface area contributed by atoms with Crippen LogP contribution in [0.3, 0.4) is 0 Å². The Morgan fingerprint density at radius 1 is 1.12 bits per heavy atom. The molecule has 1 aliphatic carbocycles. The van der Waals surface area contributed by atoms with Crippen molar-refractivity contribution in [3.63, 3.8) is 0 Å². The molecule has 1 amide bonds. The van der Waals surface area contributed by atoms with E-state index in [1.165, 1.54) is 46.8 Å². The minimum Gasteiger partial charge on any atom is -0.351 e. The average Bonchev–Trinajstić information content (AvgIpc) is 3.21. The molecule has 5 rings (SSSR count). The fraction of sp³-hybridized carbons (Fsp3) is 0.360. The third-order valence-electron chi connectivity index (χ3n) is 5.94. The van der Waals surface area contributed by atoms with E-state index in [4.69, 9.17) is 4.98 Å². The van der Waals surface area contributed by atoms with Gasteiger partial charge in [0, 0.05) is 17.6 Å². The second kappa shape index (κ2) is 9.16. The summed E-state index contributed by atoms with van der Waals surface area (Å²) in [6, 6.07) is 9.96. The number of aryl methyl sites for hydroxylation is 1. The summed E-state index contributed by atoms with van der Waals surface area (Å²) in [5, 5.41) is 5.07. The third kappa shape index (κ3) is 4.11. The number of amides is 1. The first-order valence-electron chi connectivity index (χ1n) is 11.1. The molecule has 3 aromatic heterocycles. The van der Waals surface area contributed by atoms with Crippen molar-refractivity contribution >= 4 is 49.4 Å². The lowest BCUT2D eigenvalue weighted by atomic mass is 9.86. The van der Waals surface area contributed by atoms with E-state index in [9.17, 15) is 4.79 Å². The van der Waals surface area contributed by atoms with Crippen molar-refractivity contribution in [2.75, 3.05) is 5.75 Å². The highest BCUT2D eigenvalue weighted by molar-refractivity contribution is 8.00. The molecule has 1 aromatic carbocycles. The number of benzene rings is 1. The Morgan fingerprint density at radius 3 is 2.69 bits per heavy atom. The molecule has 0 aliphatic heterocycles. The summed E-state index contributed by atoms with van der Waals surface area (Å²) in [7, 11) is 0. The monoisotopic (exact) mass is 462 g/mol. The van der Waals surface area contributed by atoms with Gasteiger partial charge in [0.05, 0.1) is 16.0 Å². The molecule has 0 radical (unpaired) electrons. The molecule has 1 N–H and O–H groups in total. The highest BCUT2D eigenvalue weighted by Gasteiger charge is 2.24. The van der Waals surface area contributed by atoms with Crippen LogP contribution >= 0.6 is 23.1 Å². The van der Waals surface area contributed by atoms with Crippen molar-refractivity contribution in [3.05, 3.63) is 59.0 Å². The van der Waals surface area contributed by atoms with Crippen LogP contribution in [0.15, 0.2) is 41.7 Å². The molecule has 0 atom stereocenters. The van der Waals surface area contributed by atoms with Crippen molar-refractivity contribution in [3.8, 4) is 0 Å². The Labute approximate surface area is 196 Å². The lowest BCUT2D eigenvalue weighted by molar-refractivity contribution is -0.118. The topological polar surface area (TPSA) is 67.8 Å². The van der Waals surface area contributed by atoms with Crippen molar-refractivity contribution in [1.29, 1.82) is 0 Å². The van der Waals surface area contributed by atoms with E-state index in [0.717, 1.165) is 38.5 Å². The first-order valence-corrected chi connectivity index (χ1v) is 12.9. The number of thiophene rings is 1. The standard InChI is InChI=1S/C25H26N4OS2/c1-15(2)21-18-11-7-6-10-17(18)20-22-23(32-24(20)29-21)25(28-14-27-22)31-13-19(30)26-12-16-8-4-3-5-9-16/h3-5,8-9,14-15H,6-7,10-13H2,1-2H3,(H,26,30). The Balaban J connectivity index is 1.43. The molecule has 0 bridgehead atoms. The van der Waals surface area contributed by atoms with Crippen LogP contribution in [0.25, 0.3) is 20.4 Å². The molecule has 1 aliphatic rings. The maximum absolute atomic E-state index is 12.4. The van der Waals surface area contributed by atoms with Crippen LogP contribution in [-0.4, -0.2) is 26.6 Å². The smallest absolute Gasteiger partial charge is 0.230 e. The second-order valence-corrected chi connectivity index (χ2v) is 10.5. The molecule has 164 valence electrons. The van der Waals surface area contributed by atoms with Gasteiger partial charge in [-0.25, -0.2) is 15.0 Å². The Bertz CT molecular complexity index is 1280. The maximum Gasteiger partial charge on any atom is 0.230 e. The average molecular weight is 463 g/mol. The zero-order chi connectivity index (χ0) is 22.1. The highest BCUT2D eigenvalue weighted by Crippen LogP contribution is 2.42. The normalized spacial score (nSPS) is 13.6. The number of hydrogen-bond acceptors (Lipinski definition) is 6. The lowest BCUT2D eigenvalue weighted by Crippen LogP contribution is -2.24. The molecule has 0 fully saturated rings. The summed E-state index contributed by atoms with van der Waals surface area (Å²) in [5.74, 6) is 0.740. The molecule has 0 unspecified atom stereocenters. The van der Waals surface area contributed by atoms with Gasteiger partial charge in [-0.2, -0.15) is 0 Å². The van der Waals surface area contributed by atoms with Crippen LogP contribution in [0, 0.1) is 0 Å². The van der Waals surface area contributed by atoms with Gasteiger partial charge in [0.1, 0.15) is 16.2 Å². The van der Waals surface area contributed by atoms with E-state index in [-0.39, 0.29) is 5.91 Å². The van der Waals surface area contributed by atoms with E-state index >= 15 is 0 Å². The molecule has 3 heterocycles. The molecule has 0 saturated carbocycles. The fourth-order valence-corrected chi connectivity index (χ4v) is 6.50. The minimum atomic E-state index is 0.00400. The first-order chi connectivity index (χ1) is 15.6. The molecule has 4 aromatic rings. The van der Waals surface area contributed by atoms with Gasteiger partial charge in [-0.05, 0) is 48.3 Å². The van der Waals surface area contributed by atoms with Gasteiger partial charge in [0.15, 0.2) is 0 Å². The number of aromatic nitrogens is 3. The molecule has 0 spiro atoms. The molecular weight excluding hydrogens is 436 g/mol. The Hall–Kier alpha value is -2.51. The predicted molar refractivity (Wildman–Crippen MR) is 132 cm³/mol. The quantitative estimate of drug-likeness (QED) is 0.296. The Kier molecular flexibility index (Phi) is 6.11. The number of carbonyl (C=O) groups excluding carboxylic acids is 1. The number of rotatable bonds is 6. The number of nitrogens with one attached hydrogen (secondary N) is 1. The minimum absolute atomic E-state index is 0.00400. The molecule has 32 heavy (non-hydrogen) atoms. The number of thioether (sulfide) groups is 1. The van der Waals surface area contributed by atoms with Crippen LogP contribution < -0.4 is 5.32 Å². The van der Waals surface area contributed by atoms with Crippen molar-refractivity contribution < 1.29 is 4.79 Å². The Morgan fingerprint density at radius 2 is 1.91 bits per heavy atom. The van der Waals surface area contributed by atoms with Gasteiger partial charge < -0.3 is 5.32 Å². The van der Waals surface area contributed by atoms with Crippen LogP contribution in [-0.2, 0) is 24.2 Å². The van der Waals surface area contributed by atoms with Gasteiger partial charge in [-0.1, -0.05) is 55.9 Å².